The van der Waals surface area contributed by atoms with Crippen molar-refractivity contribution >= 4 is 32.3 Å². The fourth-order valence-corrected chi connectivity index (χ4v) is 3.72. The van der Waals surface area contributed by atoms with E-state index in [1.54, 1.807) is 0 Å². The van der Waals surface area contributed by atoms with Crippen molar-refractivity contribution in [3.05, 3.63) is 84.4 Å². The molecule has 0 aliphatic heterocycles. The molecule has 5 aromatic carbocycles. The van der Waals surface area contributed by atoms with E-state index in [4.69, 9.17) is 0 Å². The third kappa shape index (κ3) is 1.99. The van der Waals surface area contributed by atoms with Crippen molar-refractivity contribution in [2.75, 3.05) is 0 Å². The van der Waals surface area contributed by atoms with Gasteiger partial charge in [0.05, 0.1) is 0 Å². The van der Waals surface area contributed by atoms with Gasteiger partial charge >= 0.3 is 0 Å². The lowest BCUT2D eigenvalue weighted by molar-refractivity contribution is 1.47. The molecule has 0 bridgehead atoms. The molecule has 116 valence electrons. The van der Waals surface area contributed by atoms with E-state index in [1.165, 1.54) is 49.0 Å². The highest BCUT2D eigenvalue weighted by Crippen LogP contribution is 2.39. The number of hydrogen-bond donors (Lipinski definition) is 1. The molecule has 0 aromatic heterocycles. The fourth-order valence-electron chi connectivity index (χ4n) is 3.72. The lowest BCUT2D eigenvalue weighted by Crippen LogP contribution is -1.87. The molecule has 0 unspecified atom stereocenters. The topological polar surface area (TPSA) is 35.0 Å². The van der Waals surface area contributed by atoms with Crippen LogP contribution in [-0.2, 0) is 0 Å². The second-order valence-electron chi connectivity index (χ2n) is 6.34. The Morgan fingerprint density at radius 1 is 0.542 bits per heavy atom. The Morgan fingerprint density at radius 2 is 1.12 bits per heavy atom. The maximum Gasteiger partial charge on any atom is -0.00206 e. The van der Waals surface area contributed by atoms with Gasteiger partial charge in [0.1, 0.15) is 0 Å². The smallest absolute Gasteiger partial charge is 0.00206 e. The van der Waals surface area contributed by atoms with E-state index in [0.717, 1.165) is 0 Å². The lowest BCUT2D eigenvalue weighted by Gasteiger charge is -2.14. The molecule has 1 heteroatoms. The van der Waals surface area contributed by atoms with Crippen LogP contribution in [-0.4, -0.2) is 0 Å². The van der Waals surface area contributed by atoms with E-state index in [0.29, 0.717) is 0 Å². The molecular weight excluding hydrogens is 290 g/mol. The zero-order valence-corrected chi connectivity index (χ0v) is 13.7. The summed E-state index contributed by atoms with van der Waals surface area (Å²) >= 11 is 0. The summed E-state index contributed by atoms with van der Waals surface area (Å²) in [6.07, 6.45) is 0. The largest absolute Gasteiger partial charge is 0.344 e. The summed E-state index contributed by atoms with van der Waals surface area (Å²) in [5.41, 5.74) is 3.90. The zero-order chi connectivity index (χ0) is 15.4. The first-order valence-corrected chi connectivity index (χ1v) is 8.05. The minimum atomic E-state index is 0. The van der Waals surface area contributed by atoms with E-state index < -0.39 is 0 Å². The van der Waals surface area contributed by atoms with E-state index >= 15 is 0 Å². The third-order valence-electron chi connectivity index (χ3n) is 4.89. The molecule has 0 atom stereocenters. The first-order valence-electron chi connectivity index (χ1n) is 8.05. The Kier molecular flexibility index (Phi) is 3.26. The number of benzene rings is 5. The molecule has 0 heterocycles. The van der Waals surface area contributed by atoms with Crippen LogP contribution in [0.1, 0.15) is 5.56 Å². The first-order chi connectivity index (χ1) is 11.3. The average Bonchev–Trinajstić information content (AvgIpc) is 2.60. The number of rotatable bonds is 1. The molecule has 0 fully saturated rings. The summed E-state index contributed by atoms with van der Waals surface area (Å²) in [6, 6.07) is 28.9. The van der Waals surface area contributed by atoms with Gasteiger partial charge in [-0.25, -0.2) is 0 Å². The van der Waals surface area contributed by atoms with Crippen molar-refractivity contribution in [1.29, 1.82) is 0 Å². The van der Waals surface area contributed by atoms with Crippen LogP contribution in [0.2, 0.25) is 0 Å². The van der Waals surface area contributed by atoms with Crippen LogP contribution in [0.4, 0.5) is 0 Å². The van der Waals surface area contributed by atoms with Crippen LogP contribution in [0, 0.1) is 6.92 Å². The summed E-state index contributed by atoms with van der Waals surface area (Å²) in [5, 5.41) is 8.08. The van der Waals surface area contributed by atoms with Gasteiger partial charge in [-0.3, -0.25) is 0 Å². The quantitative estimate of drug-likeness (QED) is 0.343. The van der Waals surface area contributed by atoms with Gasteiger partial charge in [0.2, 0.25) is 0 Å². The van der Waals surface area contributed by atoms with Crippen LogP contribution in [0.25, 0.3) is 43.4 Å². The molecule has 0 saturated carbocycles. The Balaban J connectivity index is 0.00000146. The first kappa shape index (κ1) is 14.7. The molecule has 0 saturated heterocycles. The van der Waals surface area contributed by atoms with Crippen LogP contribution >= 0.6 is 0 Å². The van der Waals surface area contributed by atoms with Crippen molar-refractivity contribution in [1.82, 2.24) is 6.15 Å². The third-order valence-corrected chi connectivity index (χ3v) is 4.89. The summed E-state index contributed by atoms with van der Waals surface area (Å²) in [5.74, 6) is 0. The molecule has 5 aromatic rings. The molecule has 5 rings (SSSR count). The summed E-state index contributed by atoms with van der Waals surface area (Å²) in [6.45, 7) is 2.13. The molecule has 3 N–H and O–H groups in total. The standard InChI is InChI=1S/C23H16.H3N/c1-15-5-7-16(8-6-15)20-13-11-19-10-9-17-3-2-4-18-12-14-21(20)23(19)22(17)18;/h2-14H,1H3;1H3. The molecule has 0 spiro atoms. The van der Waals surface area contributed by atoms with Crippen LogP contribution < -0.4 is 6.15 Å². The Labute approximate surface area is 141 Å². The zero-order valence-electron chi connectivity index (χ0n) is 13.7. The molecule has 0 amide bonds. The Hall–Kier alpha value is -2.90. The van der Waals surface area contributed by atoms with Gasteiger partial charge in [0.25, 0.3) is 0 Å². The highest BCUT2D eigenvalue weighted by molar-refractivity contribution is 6.25. The fraction of sp³-hybridized carbons (Fsp3) is 0.0435. The van der Waals surface area contributed by atoms with Gasteiger partial charge in [-0.1, -0.05) is 84.4 Å². The van der Waals surface area contributed by atoms with Gasteiger partial charge in [0, 0.05) is 0 Å². The van der Waals surface area contributed by atoms with Gasteiger partial charge < -0.3 is 6.15 Å². The van der Waals surface area contributed by atoms with E-state index in [-0.39, 0.29) is 6.15 Å². The van der Waals surface area contributed by atoms with Gasteiger partial charge in [-0.15, -0.1) is 0 Å². The van der Waals surface area contributed by atoms with Crippen molar-refractivity contribution in [3.63, 3.8) is 0 Å². The number of aryl methyl sites for hydroxylation is 1. The van der Waals surface area contributed by atoms with Gasteiger partial charge in [-0.2, -0.15) is 0 Å². The second-order valence-corrected chi connectivity index (χ2v) is 6.34. The maximum atomic E-state index is 2.28. The highest BCUT2D eigenvalue weighted by Gasteiger charge is 2.11. The molecule has 0 aliphatic rings. The van der Waals surface area contributed by atoms with Crippen LogP contribution in [0.3, 0.4) is 0 Å². The predicted octanol–water partition coefficient (Wildman–Crippen LogP) is 6.72. The molecule has 24 heavy (non-hydrogen) atoms. The summed E-state index contributed by atoms with van der Waals surface area (Å²) in [4.78, 5) is 0. The predicted molar refractivity (Wildman–Crippen MR) is 105 cm³/mol. The van der Waals surface area contributed by atoms with E-state index in [2.05, 4.69) is 85.8 Å². The van der Waals surface area contributed by atoms with Crippen molar-refractivity contribution in [2.24, 2.45) is 0 Å². The average molecular weight is 309 g/mol. The molecular formula is C23H19N. The normalized spacial score (nSPS) is 11.2. The van der Waals surface area contributed by atoms with Gasteiger partial charge in [0.15, 0.2) is 0 Å². The highest BCUT2D eigenvalue weighted by atomic mass is 14.1. The number of hydrogen-bond acceptors (Lipinski definition) is 1. The maximum absolute atomic E-state index is 2.28. The van der Waals surface area contributed by atoms with Crippen LogP contribution in [0.5, 0.6) is 0 Å². The minimum absolute atomic E-state index is 0. The van der Waals surface area contributed by atoms with Crippen LogP contribution in [0.15, 0.2) is 78.9 Å². The lowest BCUT2D eigenvalue weighted by atomic mass is 9.90. The second kappa shape index (κ2) is 5.33. The Morgan fingerprint density at radius 3 is 1.83 bits per heavy atom. The monoisotopic (exact) mass is 309 g/mol. The van der Waals surface area contributed by atoms with Crippen molar-refractivity contribution < 1.29 is 0 Å². The SMILES string of the molecule is Cc1ccc(-c2ccc3ccc4cccc5ccc2c3c45)cc1.N. The summed E-state index contributed by atoms with van der Waals surface area (Å²) < 4.78 is 0. The minimum Gasteiger partial charge on any atom is -0.344 e. The molecule has 1 nitrogen and oxygen atoms in total. The Bertz CT molecular complexity index is 1140. The van der Waals surface area contributed by atoms with E-state index in [9.17, 15) is 0 Å². The van der Waals surface area contributed by atoms with Crippen molar-refractivity contribution in [3.8, 4) is 11.1 Å². The van der Waals surface area contributed by atoms with Gasteiger partial charge in [-0.05, 0) is 50.4 Å². The van der Waals surface area contributed by atoms with Crippen molar-refractivity contribution in [2.45, 2.75) is 6.92 Å². The molecule has 0 aliphatic carbocycles. The molecule has 0 radical (unpaired) electrons. The van der Waals surface area contributed by atoms with E-state index in [1.807, 2.05) is 0 Å². The summed E-state index contributed by atoms with van der Waals surface area (Å²) in [7, 11) is 0.